The normalized spacial score (nSPS) is 15.1. The number of nitrogens with zero attached hydrogens (tertiary/aromatic N) is 1. The van der Waals surface area contributed by atoms with E-state index in [2.05, 4.69) is 22.0 Å². The van der Waals surface area contributed by atoms with Crippen molar-refractivity contribution < 1.29 is 4.74 Å². The second-order valence-electron chi connectivity index (χ2n) is 6.80. The number of fused-ring (bicyclic) bond motifs is 1. The number of aromatic nitrogens is 1. The van der Waals surface area contributed by atoms with Gasteiger partial charge >= 0.3 is 0 Å². The summed E-state index contributed by atoms with van der Waals surface area (Å²) < 4.78 is 6.05. The lowest BCUT2D eigenvalue weighted by Crippen LogP contribution is -2.53. The molecule has 0 amide bonds. The van der Waals surface area contributed by atoms with Crippen LogP contribution in [-0.4, -0.2) is 35.6 Å². The van der Waals surface area contributed by atoms with Crippen LogP contribution in [0.3, 0.4) is 0 Å². The number of nitrogens with one attached hydrogen (secondary N) is 1. The molecule has 1 aliphatic heterocycles. The Morgan fingerprint density at radius 2 is 1.88 bits per heavy atom. The fraction of sp³-hybridized carbons (Fsp3) is 0.286. The van der Waals surface area contributed by atoms with Crippen molar-refractivity contribution in [1.82, 2.24) is 9.88 Å². The van der Waals surface area contributed by atoms with Crippen LogP contribution >= 0.6 is 11.6 Å². The molecule has 1 aliphatic rings. The Hall–Kier alpha value is -2.30. The number of likely N-dealkylation sites (tertiary alicyclic amines) is 1. The van der Waals surface area contributed by atoms with E-state index in [1.807, 2.05) is 36.4 Å². The molecular weight excluding hydrogens is 348 g/mol. The zero-order valence-electron chi connectivity index (χ0n) is 14.5. The molecule has 0 bridgehead atoms. The summed E-state index contributed by atoms with van der Waals surface area (Å²) in [6, 6.07) is 17.2. The Kier molecular flexibility index (Phi) is 4.96. The van der Waals surface area contributed by atoms with E-state index in [-0.39, 0.29) is 11.7 Å². The Morgan fingerprint density at radius 3 is 2.69 bits per heavy atom. The van der Waals surface area contributed by atoms with E-state index >= 15 is 0 Å². The molecule has 2 heterocycles. The highest BCUT2D eigenvalue weighted by Crippen LogP contribution is 2.22. The van der Waals surface area contributed by atoms with Gasteiger partial charge in [-0.15, -0.1) is 0 Å². The summed E-state index contributed by atoms with van der Waals surface area (Å²) in [6.07, 6.45) is 2.45. The lowest BCUT2D eigenvalue weighted by molar-refractivity contribution is 0.0196. The maximum atomic E-state index is 11.3. The fourth-order valence-corrected chi connectivity index (χ4v) is 3.46. The van der Waals surface area contributed by atoms with Crippen LogP contribution in [0.15, 0.2) is 59.4 Å². The largest absolute Gasteiger partial charge is 0.488 e. The first kappa shape index (κ1) is 17.1. The molecule has 2 aromatic carbocycles. The number of aryl methyl sites for hydroxylation is 1. The first-order valence-corrected chi connectivity index (χ1v) is 9.30. The first-order chi connectivity index (χ1) is 12.7. The Bertz CT molecular complexity index is 946. The molecule has 0 spiro atoms. The third kappa shape index (κ3) is 4.09. The molecule has 0 radical (unpaired) electrons. The molecule has 1 fully saturated rings. The SMILES string of the molecule is O=c1ccc2cc(OC3CN(CCCc4ccc(Cl)cc4)C3)ccc2[nH]1. The van der Waals surface area contributed by atoms with Gasteiger partial charge < -0.3 is 9.72 Å². The monoisotopic (exact) mass is 368 g/mol. The van der Waals surface area contributed by atoms with Gasteiger partial charge in [0.05, 0.1) is 0 Å². The summed E-state index contributed by atoms with van der Waals surface area (Å²) in [5, 5.41) is 1.78. The Balaban J connectivity index is 1.23. The van der Waals surface area contributed by atoms with Crippen molar-refractivity contribution in [1.29, 1.82) is 0 Å². The fourth-order valence-electron chi connectivity index (χ4n) is 3.34. The van der Waals surface area contributed by atoms with Crippen molar-refractivity contribution in [2.24, 2.45) is 0 Å². The number of hydrogen-bond donors (Lipinski definition) is 1. The van der Waals surface area contributed by atoms with Gasteiger partial charge in [-0.1, -0.05) is 23.7 Å². The van der Waals surface area contributed by atoms with E-state index in [9.17, 15) is 4.79 Å². The summed E-state index contributed by atoms with van der Waals surface area (Å²) >= 11 is 5.91. The highest BCUT2D eigenvalue weighted by molar-refractivity contribution is 6.30. The van der Waals surface area contributed by atoms with Crippen LogP contribution in [0.1, 0.15) is 12.0 Å². The van der Waals surface area contributed by atoms with Gasteiger partial charge in [0.2, 0.25) is 5.56 Å². The van der Waals surface area contributed by atoms with E-state index in [4.69, 9.17) is 16.3 Å². The quantitative estimate of drug-likeness (QED) is 0.718. The van der Waals surface area contributed by atoms with Gasteiger partial charge in [-0.25, -0.2) is 0 Å². The van der Waals surface area contributed by atoms with Crippen LogP contribution in [0.4, 0.5) is 0 Å². The molecule has 4 rings (SSSR count). The van der Waals surface area contributed by atoms with E-state index in [1.54, 1.807) is 0 Å². The summed E-state index contributed by atoms with van der Waals surface area (Å²) in [7, 11) is 0. The topological polar surface area (TPSA) is 45.3 Å². The molecule has 4 nitrogen and oxygen atoms in total. The number of halogens is 1. The molecule has 0 saturated carbocycles. The van der Waals surface area contributed by atoms with Gasteiger partial charge in [-0.05, 0) is 61.3 Å². The molecule has 0 aliphatic carbocycles. The van der Waals surface area contributed by atoms with Gasteiger partial charge in [0.25, 0.3) is 0 Å². The van der Waals surface area contributed by atoms with Crippen LogP contribution in [0, 0.1) is 0 Å². The average Bonchev–Trinajstić information content (AvgIpc) is 2.61. The zero-order valence-corrected chi connectivity index (χ0v) is 15.2. The third-order valence-corrected chi connectivity index (χ3v) is 5.03. The van der Waals surface area contributed by atoms with Gasteiger partial charge in [0, 0.05) is 35.1 Å². The average molecular weight is 369 g/mol. The molecule has 1 N–H and O–H groups in total. The molecule has 1 saturated heterocycles. The minimum atomic E-state index is -0.0839. The predicted octanol–water partition coefficient (Wildman–Crippen LogP) is 3.88. The molecule has 0 unspecified atom stereocenters. The number of aromatic amines is 1. The van der Waals surface area contributed by atoms with Crippen LogP contribution in [0.5, 0.6) is 5.75 Å². The van der Waals surface area contributed by atoms with Gasteiger partial charge in [0.15, 0.2) is 0 Å². The molecule has 0 atom stereocenters. The van der Waals surface area contributed by atoms with Crippen molar-refractivity contribution in [3.8, 4) is 5.75 Å². The van der Waals surface area contributed by atoms with E-state index in [1.165, 1.54) is 11.6 Å². The molecule has 26 heavy (non-hydrogen) atoms. The lowest BCUT2D eigenvalue weighted by atomic mass is 10.1. The molecule has 1 aromatic heterocycles. The summed E-state index contributed by atoms with van der Waals surface area (Å²) in [4.78, 5) is 16.6. The number of H-pyrrole nitrogens is 1. The Labute approximate surface area is 157 Å². The third-order valence-electron chi connectivity index (χ3n) is 4.77. The Morgan fingerprint density at radius 1 is 1.08 bits per heavy atom. The lowest BCUT2D eigenvalue weighted by Gasteiger charge is -2.39. The smallest absolute Gasteiger partial charge is 0.248 e. The minimum Gasteiger partial charge on any atom is -0.488 e. The number of rotatable bonds is 6. The summed E-state index contributed by atoms with van der Waals surface area (Å²) in [5.41, 5.74) is 2.08. The second kappa shape index (κ2) is 7.52. The second-order valence-corrected chi connectivity index (χ2v) is 7.24. The maximum Gasteiger partial charge on any atom is 0.248 e. The van der Waals surface area contributed by atoms with Crippen molar-refractivity contribution in [2.75, 3.05) is 19.6 Å². The van der Waals surface area contributed by atoms with E-state index in [0.717, 1.165) is 54.2 Å². The van der Waals surface area contributed by atoms with Gasteiger partial charge in [-0.3, -0.25) is 9.69 Å². The van der Waals surface area contributed by atoms with E-state index in [0.29, 0.717) is 0 Å². The molecule has 5 heteroatoms. The van der Waals surface area contributed by atoms with Crippen molar-refractivity contribution >= 4 is 22.5 Å². The maximum absolute atomic E-state index is 11.3. The number of ether oxygens (including phenoxy) is 1. The predicted molar refractivity (Wildman–Crippen MR) is 105 cm³/mol. The zero-order chi connectivity index (χ0) is 17.9. The number of benzene rings is 2. The highest BCUT2D eigenvalue weighted by Gasteiger charge is 2.27. The van der Waals surface area contributed by atoms with Gasteiger partial charge in [0.1, 0.15) is 11.9 Å². The minimum absolute atomic E-state index is 0.0839. The summed E-state index contributed by atoms with van der Waals surface area (Å²) in [5.74, 6) is 0.857. The van der Waals surface area contributed by atoms with Crippen molar-refractivity contribution in [3.05, 3.63) is 75.5 Å². The summed E-state index contributed by atoms with van der Waals surface area (Å²) in [6.45, 7) is 3.01. The van der Waals surface area contributed by atoms with Crippen LogP contribution in [0.25, 0.3) is 10.9 Å². The van der Waals surface area contributed by atoms with Crippen LogP contribution in [-0.2, 0) is 6.42 Å². The van der Waals surface area contributed by atoms with Crippen molar-refractivity contribution in [2.45, 2.75) is 18.9 Å². The number of pyridine rings is 1. The first-order valence-electron chi connectivity index (χ1n) is 8.92. The molecule has 3 aromatic rings. The van der Waals surface area contributed by atoms with Gasteiger partial charge in [-0.2, -0.15) is 0 Å². The standard InChI is InChI=1S/C21H21ClN2O2/c22-17-6-3-15(4-7-17)2-1-11-24-13-19(14-24)26-18-8-9-20-16(12-18)5-10-21(25)23-20/h3-10,12,19H,1-2,11,13-14H2,(H,23,25). The number of hydrogen-bond acceptors (Lipinski definition) is 3. The molecular formula is C21H21ClN2O2. The van der Waals surface area contributed by atoms with Crippen LogP contribution < -0.4 is 10.3 Å². The van der Waals surface area contributed by atoms with Crippen molar-refractivity contribution in [3.63, 3.8) is 0 Å². The molecule has 134 valence electrons. The van der Waals surface area contributed by atoms with E-state index < -0.39 is 0 Å². The van der Waals surface area contributed by atoms with Crippen LogP contribution in [0.2, 0.25) is 5.02 Å². The highest BCUT2D eigenvalue weighted by atomic mass is 35.5.